The third kappa shape index (κ3) is 3.00. The zero-order valence-corrected chi connectivity index (χ0v) is 11.4. The molecule has 0 aliphatic rings. The van der Waals surface area contributed by atoms with Crippen LogP contribution >= 0.6 is 23.2 Å². The van der Waals surface area contributed by atoms with Gasteiger partial charge in [0.2, 0.25) is 0 Å². The van der Waals surface area contributed by atoms with Crippen molar-refractivity contribution in [1.29, 1.82) is 0 Å². The van der Waals surface area contributed by atoms with Gasteiger partial charge in [0.05, 0.1) is 20.6 Å². The monoisotopic (exact) mass is 263 g/mol. The molecule has 0 heterocycles. The average molecular weight is 264 g/mol. The minimum absolute atomic E-state index is 0. The average Bonchev–Trinajstić information content (AvgIpc) is 1.98. The van der Waals surface area contributed by atoms with E-state index in [-0.39, 0.29) is 45.3 Å². The standard InChI is InChI=1S/C6H5Cl2NO3S.Na/c7-5-3(9)1-2-4(6(5)8)13(10,11)12;/h1-2H,9H2,(H,10,11,12);/q;+1/p-1. The van der Waals surface area contributed by atoms with Crippen molar-refractivity contribution in [2.75, 3.05) is 5.73 Å². The molecule has 14 heavy (non-hydrogen) atoms. The maximum Gasteiger partial charge on any atom is 1.00 e. The number of nitrogen functional groups attached to an aromatic ring is 1. The van der Waals surface area contributed by atoms with Crippen LogP contribution in [0.4, 0.5) is 5.69 Å². The number of hydrogen-bond donors (Lipinski definition) is 1. The van der Waals surface area contributed by atoms with Crippen molar-refractivity contribution in [2.24, 2.45) is 0 Å². The molecule has 72 valence electrons. The van der Waals surface area contributed by atoms with Gasteiger partial charge in [0, 0.05) is 0 Å². The molecule has 0 spiro atoms. The zero-order chi connectivity index (χ0) is 10.2. The fourth-order valence-electron chi connectivity index (χ4n) is 0.740. The van der Waals surface area contributed by atoms with Crippen LogP contribution < -0.4 is 35.3 Å². The Morgan fingerprint density at radius 2 is 1.71 bits per heavy atom. The Hall–Kier alpha value is 0.510. The molecule has 4 nitrogen and oxygen atoms in total. The van der Waals surface area contributed by atoms with Gasteiger partial charge in [-0.1, -0.05) is 23.2 Å². The molecular weight excluding hydrogens is 260 g/mol. The quantitative estimate of drug-likeness (QED) is 0.379. The van der Waals surface area contributed by atoms with Crippen molar-refractivity contribution < 1.29 is 42.5 Å². The first kappa shape index (κ1) is 14.5. The first-order chi connectivity index (χ1) is 5.84. The van der Waals surface area contributed by atoms with Crippen LogP contribution in [0.25, 0.3) is 0 Å². The molecule has 0 aromatic heterocycles. The summed E-state index contributed by atoms with van der Waals surface area (Å²) in [4.78, 5) is -0.562. The first-order valence-corrected chi connectivity index (χ1v) is 5.20. The van der Waals surface area contributed by atoms with Gasteiger partial charge in [0.25, 0.3) is 0 Å². The third-order valence-electron chi connectivity index (χ3n) is 1.35. The zero-order valence-electron chi connectivity index (χ0n) is 7.12. The minimum atomic E-state index is -4.59. The number of halogens is 2. The van der Waals surface area contributed by atoms with E-state index >= 15 is 0 Å². The minimum Gasteiger partial charge on any atom is -0.744 e. The Balaban J connectivity index is 0.00000169. The Labute approximate surface area is 113 Å². The molecule has 1 aromatic rings. The van der Waals surface area contributed by atoms with E-state index in [0.29, 0.717) is 0 Å². The van der Waals surface area contributed by atoms with E-state index in [1.165, 1.54) is 6.07 Å². The fourth-order valence-corrected chi connectivity index (χ4v) is 1.97. The Morgan fingerprint density at radius 1 is 1.21 bits per heavy atom. The predicted octanol–water partition coefficient (Wildman–Crippen LogP) is -1.52. The van der Waals surface area contributed by atoms with E-state index in [9.17, 15) is 13.0 Å². The van der Waals surface area contributed by atoms with E-state index < -0.39 is 15.0 Å². The number of rotatable bonds is 1. The Bertz CT molecular complexity index is 449. The summed E-state index contributed by atoms with van der Waals surface area (Å²) in [6.45, 7) is 0. The van der Waals surface area contributed by atoms with Crippen LogP contribution in [0.2, 0.25) is 10.0 Å². The van der Waals surface area contributed by atoms with Crippen molar-refractivity contribution >= 4 is 39.0 Å². The molecule has 0 aliphatic carbocycles. The smallest absolute Gasteiger partial charge is 0.744 e. The topological polar surface area (TPSA) is 83.2 Å². The Kier molecular flexibility index (Phi) is 5.21. The fraction of sp³-hybridized carbons (Fsp3) is 0. The number of benzene rings is 1. The molecule has 0 bridgehead atoms. The molecule has 0 atom stereocenters. The van der Waals surface area contributed by atoms with Gasteiger partial charge in [-0.05, 0) is 12.1 Å². The van der Waals surface area contributed by atoms with E-state index in [1.54, 1.807) is 0 Å². The maximum absolute atomic E-state index is 10.6. The number of nitrogens with two attached hydrogens (primary N) is 1. The third-order valence-corrected chi connectivity index (χ3v) is 3.23. The van der Waals surface area contributed by atoms with Crippen LogP contribution in [0.5, 0.6) is 0 Å². The summed E-state index contributed by atoms with van der Waals surface area (Å²) in [5.41, 5.74) is 5.44. The van der Waals surface area contributed by atoms with E-state index in [0.717, 1.165) is 6.07 Å². The SMILES string of the molecule is Nc1ccc(S(=O)(=O)[O-])c(Cl)c1Cl.[Na+]. The molecular formula is C6H4Cl2NNaO3S. The summed E-state index contributed by atoms with van der Waals surface area (Å²) < 4.78 is 31.7. The molecule has 0 unspecified atom stereocenters. The van der Waals surface area contributed by atoms with Crippen LogP contribution in [0, 0.1) is 0 Å². The molecule has 0 fully saturated rings. The van der Waals surface area contributed by atoms with Crippen molar-refractivity contribution in [3.63, 3.8) is 0 Å². The second-order valence-electron chi connectivity index (χ2n) is 2.24. The van der Waals surface area contributed by atoms with Gasteiger partial charge in [0.1, 0.15) is 10.1 Å². The van der Waals surface area contributed by atoms with Crippen LogP contribution in [-0.2, 0) is 10.1 Å². The van der Waals surface area contributed by atoms with Crippen molar-refractivity contribution in [2.45, 2.75) is 4.90 Å². The van der Waals surface area contributed by atoms with Crippen LogP contribution in [0.1, 0.15) is 0 Å². The van der Waals surface area contributed by atoms with Crippen LogP contribution in [0.3, 0.4) is 0 Å². The van der Waals surface area contributed by atoms with Crippen molar-refractivity contribution in [1.82, 2.24) is 0 Å². The van der Waals surface area contributed by atoms with Gasteiger partial charge in [-0.2, -0.15) is 0 Å². The second-order valence-corrected chi connectivity index (χ2v) is 4.34. The van der Waals surface area contributed by atoms with Crippen molar-refractivity contribution in [3.8, 4) is 0 Å². The van der Waals surface area contributed by atoms with E-state index in [4.69, 9.17) is 28.9 Å². The number of anilines is 1. The van der Waals surface area contributed by atoms with Gasteiger partial charge in [-0.3, -0.25) is 0 Å². The largest absolute Gasteiger partial charge is 1.00 e. The molecule has 1 aromatic carbocycles. The summed E-state index contributed by atoms with van der Waals surface area (Å²) in [7, 11) is -4.59. The van der Waals surface area contributed by atoms with Gasteiger partial charge in [-0.25, -0.2) is 8.42 Å². The van der Waals surface area contributed by atoms with Crippen LogP contribution in [0.15, 0.2) is 17.0 Å². The summed E-state index contributed by atoms with van der Waals surface area (Å²) in [6.07, 6.45) is 0. The molecule has 0 saturated heterocycles. The normalized spacial score (nSPS) is 10.8. The molecule has 0 amide bonds. The predicted molar refractivity (Wildman–Crippen MR) is 48.8 cm³/mol. The summed E-state index contributed by atoms with van der Waals surface area (Å²) >= 11 is 11.0. The van der Waals surface area contributed by atoms with E-state index in [1.807, 2.05) is 0 Å². The van der Waals surface area contributed by atoms with Crippen molar-refractivity contribution in [3.05, 3.63) is 22.2 Å². The van der Waals surface area contributed by atoms with E-state index in [2.05, 4.69) is 0 Å². The molecule has 0 radical (unpaired) electrons. The number of hydrogen-bond acceptors (Lipinski definition) is 4. The summed E-state index contributed by atoms with van der Waals surface area (Å²) in [5, 5.41) is -0.463. The summed E-state index contributed by atoms with van der Waals surface area (Å²) in [6, 6.07) is 2.23. The van der Waals surface area contributed by atoms with Gasteiger partial charge >= 0.3 is 29.6 Å². The second kappa shape index (κ2) is 5.03. The van der Waals surface area contributed by atoms with Gasteiger partial charge in [-0.15, -0.1) is 0 Å². The summed E-state index contributed by atoms with van der Waals surface area (Å²) in [5.74, 6) is 0. The first-order valence-electron chi connectivity index (χ1n) is 3.03. The molecule has 1 rings (SSSR count). The Morgan fingerprint density at radius 3 is 2.14 bits per heavy atom. The van der Waals surface area contributed by atoms with Gasteiger partial charge in [0.15, 0.2) is 0 Å². The van der Waals surface area contributed by atoms with Gasteiger partial charge < -0.3 is 10.3 Å². The molecule has 0 aliphatic heterocycles. The maximum atomic E-state index is 10.6. The molecule has 0 saturated carbocycles. The molecule has 2 N–H and O–H groups in total. The van der Waals surface area contributed by atoms with Crippen LogP contribution in [-0.4, -0.2) is 13.0 Å². The molecule has 8 heteroatoms.